The number of nitrogens with one attached hydrogen (secondary N) is 1. The monoisotopic (exact) mass is 216 g/mol. The van der Waals surface area contributed by atoms with E-state index in [4.69, 9.17) is 17.0 Å². The minimum absolute atomic E-state index is 0.709. The van der Waals surface area contributed by atoms with Gasteiger partial charge in [0.05, 0.1) is 6.61 Å². The van der Waals surface area contributed by atoms with Crippen molar-refractivity contribution in [1.29, 1.82) is 0 Å². The first-order chi connectivity index (χ1) is 6.77. The highest BCUT2D eigenvalue weighted by Crippen LogP contribution is 2.29. The van der Waals surface area contributed by atoms with Gasteiger partial charge in [-0.05, 0) is 37.9 Å². The average Bonchev–Trinajstić information content (AvgIpc) is 2.98. The molecule has 3 nitrogen and oxygen atoms in total. The summed E-state index contributed by atoms with van der Waals surface area (Å²) in [6.07, 6.45) is 2.74. The maximum absolute atomic E-state index is 5.29. The number of hydrogen-bond acceptors (Lipinski definition) is 2. The van der Waals surface area contributed by atoms with Crippen molar-refractivity contribution in [1.82, 2.24) is 10.2 Å². The molecular formula is C10H20N2OS. The lowest BCUT2D eigenvalue weighted by Crippen LogP contribution is -2.41. The van der Waals surface area contributed by atoms with Gasteiger partial charge in [-0.2, -0.15) is 0 Å². The van der Waals surface area contributed by atoms with Crippen LogP contribution < -0.4 is 5.32 Å². The lowest BCUT2D eigenvalue weighted by molar-refractivity contribution is 0.203. The fourth-order valence-electron chi connectivity index (χ4n) is 1.34. The summed E-state index contributed by atoms with van der Waals surface area (Å²) in [4.78, 5) is 2.24. The van der Waals surface area contributed by atoms with Gasteiger partial charge in [0.2, 0.25) is 0 Å². The minimum atomic E-state index is 0.709. The highest BCUT2D eigenvalue weighted by atomic mass is 32.1. The van der Waals surface area contributed by atoms with Gasteiger partial charge >= 0.3 is 0 Å². The van der Waals surface area contributed by atoms with Gasteiger partial charge in [0.15, 0.2) is 5.11 Å². The number of ether oxygens (including phenoxy) is 1. The van der Waals surface area contributed by atoms with Gasteiger partial charge in [0.25, 0.3) is 0 Å². The molecule has 82 valence electrons. The fourth-order valence-corrected chi connectivity index (χ4v) is 1.65. The van der Waals surface area contributed by atoms with Gasteiger partial charge in [0.1, 0.15) is 0 Å². The van der Waals surface area contributed by atoms with Crippen molar-refractivity contribution in [2.45, 2.75) is 19.8 Å². The molecule has 0 bridgehead atoms. The SMILES string of the molecule is CCN(CC1CC1)C(=S)NCCOC. The Bertz CT molecular complexity index is 183. The third-order valence-corrected chi connectivity index (χ3v) is 2.83. The predicted molar refractivity (Wildman–Crippen MR) is 62.4 cm³/mol. The first-order valence-corrected chi connectivity index (χ1v) is 5.70. The van der Waals surface area contributed by atoms with E-state index in [1.807, 2.05) is 0 Å². The molecule has 1 N–H and O–H groups in total. The van der Waals surface area contributed by atoms with E-state index >= 15 is 0 Å². The Hall–Kier alpha value is -0.350. The summed E-state index contributed by atoms with van der Waals surface area (Å²) in [5, 5.41) is 4.07. The van der Waals surface area contributed by atoms with Crippen molar-refractivity contribution in [3.05, 3.63) is 0 Å². The van der Waals surface area contributed by atoms with E-state index < -0.39 is 0 Å². The number of methoxy groups -OCH3 is 1. The quantitative estimate of drug-likeness (QED) is 0.533. The lowest BCUT2D eigenvalue weighted by atomic mass is 10.4. The number of nitrogens with zero attached hydrogens (tertiary/aromatic N) is 1. The van der Waals surface area contributed by atoms with Crippen LogP contribution in [-0.2, 0) is 4.74 Å². The summed E-state index contributed by atoms with van der Waals surface area (Å²) in [6, 6.07) is 0. The molecule has 0 aromatic carbocycles. The van der Waals surface area contributed by atoms with Crippen LogP contribution in [0.3, 0.4) is 0 Å². The van der Waals surface area contributed by atoms with E-state index in [1.165, 1.54) is 12.8 Å². The van der Waals surface area contributed by atoms with Gasteiger partial charge < -0.3 is 15.0 Å². The van der Waals surface area contributed by atoms with Crippen molar-refractivity contribution in [2.75, 3.05) is 33.4 Å². The summed E-state index contributed by atoms with van der Waals surface area (Å²) in [5.41, 5.74) is 0. The molecule has 1 fully saturated rings. The number of hydrogen-bond donors (Lipinski definition) is 1. The van der Waals surface area contributed by atoms with E-state index in [0.717, 1.165) is 30.7 Å². The summed E-state index contributed by atoms with van der Waals surface area (Å²) < 4.78 is 4.96. The van der Waals surface area contributed by atoms with Crippen LogP contribution >= 0.6 is 12.2 Å². The first kappa shape index (κ1) is 11.7. The van der Waals surface area contributed by atoms with Crippen molar-refractivity contribution in [3.8, 4) is 0 Å². The molecule has 0 heterocycles. The molecule has 1 rings (SSSR count). The molecule has 0 aromatic rings. The molecule has 0 radical (unpaired) electrons. The molecular weight excluding hydrogens is 196 g/mol. The van der Waals surface area contributed by atoms with Gasteiger partial charge in [-0.25, -0.2) is 0 Å². The van der Waals surface area contributed by atoms with Gasteiger partial charge in [0, 0.05) is 26.7 Å². The van der Waals surface area contributed by atoms with Crippen LogP contribution in [0.25, 0.3) is 0 Å². The fraction of sp³-hybridized carbons (Fsp3) is 0.900. The van der Waals surface area contributed by atoms with Crippen molar-refractivity contribution < 1.29 is 4.74 Å². The largest absolute Gasteiger partial charge is 0.383 e. The Morgan fingerprint density at radius 2 is 2.29 bits per heavy atom. The first-order valence-electron chi connectivity index (χ1n) is 5.29. The van der Waals surface area contributed by atoms with Crippen LogP contribution in [0, 0.1) is 5.92 Å². The topological polar surface area (TPSA) is 24.5 Å². The maximum Gasteiger partial charge on any atom is 0.169 e. The second-order valence-electron chi connectivity index (χ2n) is 3.71. The zero-order chi connectivity index (χ0) is 10.4. The Balaban J connectivity index is 2.16. The molecule has 1 aliphatic rings. The Kier molecular flexibility index (Phi) is 5.19. The van der Waals surface area contributed by atoms with E-state index in [-0.39, 0.29) is 0 Å². The standard InChI is InChI=1S/C10H20N2OS/c1-3-12(8-9-4-5-9)10(14)11-6-7-13-2/h9H,3-8H2,1-2H3,(H,11,14). The summed E-state index contributed by atoms with van der Waals surface area (Å²) in [5.74, 6) is 0.886. The van der Waals surface area contributed by atoms with E-state index in [2.05, 4.69) is 17.1 Å². The molecule has 0 atom stereocenters. The molecule has 0 amide bonds. The third-order valence-electron chi connectivity index (χ3n) is 2.43. The number of rotatable bonds is 6. The van der Waals surface area contributed by atoms with Crippen LogP contribution in [0.5, 0.6) is 0 Å². The van der Waals surface area contributed by atoms with Crippen LogP contribution in [0.15, 0.2) is 0 Å². The maximum atomic E-state index is 5.29. The second-order valence-corrected chi connectivity index (χ2v) is 4.09. The number of thiocarbonyl (C=S) groups is 1. The average molecular weight is 216 g/mol. The molecule has 14 heavy (non-hydrogen) atoms. The van der Waals surface area contributed by atoms with Crippen LogP contribution in [0.4, 0.5) is 0 Å². The highest BCUT2D eigenvalue weighted by molar-refractivity contribution is 7.80. The lowest BCUT2D eigenvalue weighted by Gasteiger charge is -2.24. The third kappa shape index (κ3) is 4.24. The van der Waals surface area contributed by atoms with Crippen LogP contribution in [-0.4, -0.2) is 43.4 Å². The smallest absolute Gasteiger partial charge is 0.169 e. The summed E-state index contributed by atoms with van der Waals surface area (Å²) in [7, 11) is 1.70. The van der Waals surface area contributed by atoms with E-state index in [9.17, 15) is 0 Å². The van der Waals surface area contributed by atoms with E-state index in [1.54, 1.807) is 7.11 Å². The van der Waals surface area contributed by atoms with Gasteiger partial charge in [-0.3, -0.25) is 0 Å². The zero-order valence-electron chi connectivity index (χ0n) is 9.08. The minimum Gasteiger partial charge on any atom is -0.383 e. The van der Waals surface area contributed by atoms with Gasteiger partial charge in [-0.15, -0.1) is 0 Å². The van der Waals surface area contributed by atoms with Crippen molar-refractivity contribution >= 4 is 17.3 Å². The summed E-state index contributed by atoms with van der Waals surface area (Å²) >= 11 is 5.29. The predicted octanol–water partition coefficient (Wildman–Crippen LogP) is 1.24. The second kappa shape index (κ2) is 6.19. The van der Waals surface area contributed by atoms with Crippen molar-refractivity contribution in [2.24, 2.45) is 5.92 Å². The highest BCUT2D eigenvalue weighted by Gasteiger charge is 2.24. The molecule has 0 unspecified atom stereocenters. The molecule has 1 aliphatic carbocycles. The van der Waals surface area contributed by atoms with Gasteiger partial charge in [-0.1, -0.05) is 0 Å². The Labute approximate surface area is 91.8 Å². The molecule has 0 saturated heterocycles. The van der Waals surface area contributed by atoms with Crippen LogP contribution in [0.1, 0.15) is 19.8 Å². The Morgan fingerprint density at radius 3 is 2.79 bits per heavy atom. The molecule has 0 aliphatic heterocycles. The zero-order valence-corrected chi connectivity index (χ0v) is 9.90. The normalized spacial score (nSPS) is 15.3. The Morgan fingerprint density at radius 1 is 1.57 bits per heavy atom. The van der Waals surface area contributed by atoms with Crippen molar-refractivity contribution in [3.63, 3.8) is 0 Å². The molecule has 4 heteroatoms. The molecule has 0 spiro atoms. The van der Waals surface area contributed by atoms with Crippen LogP contribution in [0.2, 0.25) is 0 Å². The molecule has 0 aromatic heterocycles. The summed E-state index contributed by atoms with van der Waals surface area (Å²) in [6.45, 7) is 5.77. The molecule has 1 saturated carbocycles. The van der Waals surface area contributed by atoms with E-state index in [0.29, 0.717) is 6.61 Å².